The van der Waals surface area contributed by atoms with Gasteiger partial charge in [0.15, 0.2) is 0 Å². The molecule has 0 heterocycles. The molecule has 0 radical (unpaired) electrons. The van der Waals surface area contributed by atoms with Crippen LogP contribution in [0.15, 0.2) is 0 Å². The van der Waals surface area contributed by atoms with Gasteiger partial charge in [-0.3, -0.25) is 0 Å². The van der Waals surface area contributed by atoms with Gasteiger partial charge in [0.1, 0.15) is 15.7 Å². The molecule has 66 valence electrons. The van der Waals surface area contributed by atoms with E-state index in [4.69, 9.17) is 10.5 Å². The van der Waals surface area contributed by atoms with Gasteiger partial charge in [-0.2, -0.15) is 10.5 Å². The van der Waals surface area contributed by atoms with Crippen LogP contribution in [0, 0.1) is 22.7 Å². The largest absolute Gasteiger partial charge is 0.192 e. The van der Waals surface area contributed by atoms with Crippen molar-refractivity contribution in [2.45, 2.75) is 0 Å². The lowest BCUT2D eigenvalue weighted by Crippen LogP contribution is -2.41. The topological polar surface area (TPSA) is 47.6 Å². The molecule has 1 aromatic rings. The molecule has 1 rings (SSSR count). The molecule has 0 aromatic heterocycles. The molecule has 0 bridgehead atoms. The molecule has 14 heavy (non-hydrogen) atoms. The third-order valence-corrected chi connectivity index (χ3v) is 3.76. The SMILES string of the molecule is Bc1c(P)c(B)c(C#N)c(P)c1C#N. The van der Waals surface area contributed by atoms with Crippen LogP contribution >= 0.6 is 18.5 Å². The quantitative estimate of drug-likeness (QED) is 0.341. The Morgan fingerprint density at radius 2 is 1.21 bits per heavy atom. The summed E-state index contributed by atoms with van der Waals surface area (Å²) in [7, 11) is 8.84. The van der Waals surface area contributed by atoms with Crippen LogP contribution in [0.4, 0.5) is 0 Å². The van der Waals surface area contributed by atoms with E-state index in [-0.39, 0.29) is 0 Å². The smallest absolute Gasteiger partial charge is 0.141 e. The van der Waals surface area contributed by atoms with Gasteiger partial charge in [-0.05, 0) is 5.30 Å². The van der Waals surface area contributed by atoms with Crippen molar-refractivity contribution in [3.05, 3.63) is 11.1 Å². The fraction of sp³-hybridized carbons (Fsp3) is 0. The molecule has 2 unspecified atom stereocenters. The van der Waals surface area contributed by atoms with Crippen LogP contribution in [0.5, 0.6) is 0 Å². The van der Waals surface area contributed by atoms with Crippen LogP contribution in [-0.2, 0) is 0 Å². The predicted octanol–water partition coefficient (Wildman–Crippen LogP) is -3.05. The van der Waals surface area contributed by atoms with Crippen molar-refractivity contribution in [1.82, 2.24) is 0 Å². The summed E-state index contributed by atoms with van der Waals surface area (Å²) in [5.74, 6) is 0. The molecule has 2 nitrogen and oxygen atoms in total. The maximum atomic E-state index is 8.95. The highest BCUT2D eigenvalue weighted by atomic mass is 31.0. The van der Waals surface area contributed by atoms with E-state index in [9.17, 15) is 0 Å². The molecule has 6 heteroatoms. The Balaban J connectivity index is 3.78. The average molecular weight is 216 g/mol. The first kappa shape index (κ1) is 11.3. The minimum atomic E-state index is 0.585. The first-order chi connectivity index (χ1) is 6.54. The van der Waals surface area contributed by atoms with Gasteiger partial charge < -0.3 is 0 Å². The van der Waals surface area contributed by atoms with E-state index >= 15 is 0 Å². The molecule has 0 aliphatic rings. The molecular formula is C8H8B2N2P2. The second-order valence-electron chi connectivity index (χ2n) is 3.05. The fourth-order valence-corrected chi connectivity index (χ4v) is 2.22. The number of hydrogen-bond acceptors (Lipinski definition) is 2. The number of nitrogens with zero attached hydrogens (tertiary/aromatic N) is 2. The van der Waals surface area contributed by atoms with Crippen LogP contribution < -0.4 is 21.5 Å². The highest BCUT2D eigenvalue weighted by Gasteiger charge is 2.13. The third-order valence-electron chi connectivity index (χ3n) is 2.32. The number of benzene rings is 1. The van der Waals surface area contributed by atoms with Gasteiger partial charge in [-0.15, -0.1) is 18.5 Å². The summed E-state index contributed by atoms with van der Waals surface area (Å²) >= 11 is 0. The fourth-order valence-electron chi connectivity index (χ4n) is 1.37. The monoisotopic (exact) mass is 216 g/mol. The first-order valence-electron chi connectivity index (χ1n) is 4.02. The molecule has 2 atom stereocenters. The van der Waals surface area contributed by atoms with Crippen LogP contribution in [0.1, 0.15) is 11.1 Å². The highest BCUT2D eigenvalue weighted by Crippen LogP contribution is 2.00. The van der Waals surface area contributed by atoms with Gasteiger partial charge in [-0.1, -0.05) is 10.9 Å². The summed E-state index contributed by atoms with van der Waals surface area (Å²) in [6.07, 6.45) is 0. The van der Waals surface area contributed by atoms with E-state index in [0.29, 0.717) is 16.4 Å². The van der Waals surface area contributed by atoms with Gasteiger partial charge in [0.2, 0.25) is 0 Å². The summed E-state index contributed by atoms with van der Waals surface area (Å²) in [6.45, 7) is 0. The number of hydrogen-bond donors (Lipinski definition) is 0. The molecule has 1 aromatic carbocycles. The Kier molecular flexibility index (Phi) is 3.34. The molecule has 0 spiro atoms. The lowest BCUT2D eigenvalue weighted by Gasteiger charge is -2.12. The predicted molar refractivity (Wildman–Crippen MR) is 70.9 cm³/mol. The first-order valence-corrected chi connectivity index (χ1v) is 5.18. The zero-order chi connectivity index (χ0) is 10.9. The minimum Gasteiger partial charge on any atom is -0.192 e. The molecular weight excluding hydrogens is 208 g/mol. The molecule has 0 fully saturated rings. The van der Waals surface area contributed by atoms with Crippen LogP contribution in [0.25, 0.3) is 0 Å². The highest BCUT2D eigenvalue weighted by molar-refractivity contribution is 7.30. The number of rotatable bonds is 0. The summed E-state index contributed by atoms with van der Waals surface area (Å²) in [6, 6.07) is 4.24. The zero-order valence-electron chi connectivity index (χ0n) is 8.05. The van der Waals surface area contributed by atoms with Gasteiger partial charge in [0.25, 0.3) is 0 Å². The molecule has 0 aliphatic heterocycles. The lowest BCUT2D eigenvalue weighted by molar-refractivity contribution is 1.50. The molecule has 0 amide bonds. The van der Waals surface area contributed by atoms with Gasteiger partial charge in [0.05, 0.1) is 23.3 Å². The summed E-state index contributed by atoms with van der Waals surface area (Å²) in [5.41, 5.74) is 3.03. The van der Waals surface area contributed by atoms with Crippen molar-refractivity contribution in [2.24, 2.45) is 0 Å². The Bertz CT molecular complexity index is 445. The zero-order valence-corrected chi connectivity index (χ0v) is 10.4. The summed E-state index contributed by atoms with van der Waals surface area (Å²) in [5, 5.41) is 19.6. The molecule has 0 saturated carbocycles. The minimum absolute atomic E-state index is 0.585. The van der Waals surface area contributed by atoms with E-state index in [1.54, 1.807) is 0 Å². The maximum absolute atomic E-state index is 8.95. The lowest BCUT2D eigenvalue weighted by atomic mass is 9.81. The summed E-state index contributed by atoms with van der Waals surface area (Å²) in [4.78, 5) is 0. The Labute approximate surface area is 89.9 Å². The van der Waals surface area contributed by atoms with Gasteiger partial charge in [-0.25, -0.2) is 0 Å². The normalized spacial score (nSPS) is 9.14. The van der Waals surface area contributed by atoms with E-state index in [2.05, 4.69) is 30.6 Å². The molecule has 0 aliphatic carbocycles. The van der Waals surface area contributed by atoms with Crippen molar-refractivity contribution in [1.29, 1.82) is 10.5 Å². The Hall–Kier alpha value is -0.810. The van der Waals surface area contributed by atoms with Crippen molar-refractivity contribution in [3.8, 4) is 12.1 Å². The van der Waals surface area contributed by atoms with Crippen LogP contribution in [0.2, 0.25) is 0 Å². The average Bonchev–Trinajstić information content (AvgIpc) is 2.16. The van der Waals surface area contributed by atoms with E-state index in [0.717, 1.165) is 16.2 Å². The standard InChI is InChI=1S/C8H8B2N2P2/c9-5-3(1-11)7(13)4(2-12)6(10)8(5)14/h9-10,13-14H2. The van der Waals surface area contributed by atoms with E-state index < -0.39 is 0 Å². The molecule has 0 saturated heterocycles. The van der Waals surface area contributed by atoms with Crippen LogP contribution in [-0.4, -0.2) is 15.7 Å². The van der Waals surface area contributed by atoms with Gasteiger partial charge in [0, 0.05) is 5.30 Å². The third kappa shape index (κ3) is 1.57. The van der Waals surface area contributed by atoms with Gasteiger partial charge >= 0.3 is 0 Å². The summed E-state index contributed by atoms with van der Waals surface area (Å²) < 4.78 is 0. The second-order valence-corrected chi connectivity index (χ2v) is 4.21. The Morgan fingerprint density at radius 1 is 0.857 bits per heavy atom. The number of nitriles is 2. The Morgan fingerprint density at radius 3 is 1.50 bits per heavy atom. The van der Waals surface area contributed by atoms with Crippen molar-refractivity contribution in [2.75, 3.05) is 0 Å². The van der Waals surface area contributed by atoms with E-state index in [1.165, 1.54) is 0 Å². The van der Waals surface area contributed by atoms with Crippen molar-refractivity contribution < 1.29 is 0 Å². The second kappa shape index (κ2) is 4.14. The van der Waals surface area contributed by atoms with Crippen molar-refractivity contribution >= 4 is 55.7 Å². The molecule has 0 N–H and O–H groups in total. The maximum Gasteiger partial charge on any atom is 0.141 e. The van der Waals surface area contributed by atoms with Crippen molar-refractivity contribution in [3.63, 3.8) is 0 Å². The van der Waals surface area contributed by atoms with Crippen LogP contribution in [0.3, 0.4) is 0 Å². The van der Waals surface area contributed by atoms with E-state index in [1.807, 2.05) is 15.7 Å².